The number of pyridine rings is 1. The number of aromatic nitrogens is 3. The van der Waals surface area contributed by atoms with Crippen LogP contribution in [0.4, 0.5) is 11.6 Å². The summed E-state index contributed by atoms with van der Waals surface area (Å²) < 4.78 is 25.6. The third-order valence-corrected chi connectivity index (χ3v) is 7.11. The first-order valence-electron chi connectivity index (χ1n) is 11.4. The van der Waals surface area contributed by atoms with Crippen LogP contribution >= 0.6 is 0 Å². The molecule has 3 N–H and O–H groups in total. The van der Waals surface area contributed by atoms with E-state index in [9.17, 15) is 13.2 Å². The largest absolute Gasteiger partial charge is 0.349 e. The van der Waals surface area contributed by atoms with Crippen LogP contribution < -0.4 is 16.0 Å². The molecule has 1 fully saturated rings. The molecule has 9 nitrogen and oxygen atoms in total. The molecule has 5 rings (SSSR count). The molecule has 0 radical (unpaired) electrons. The van der Waals surface area contributed by atoms with Gasteiger partial charge < -0.3 is 16.0 Å². The molecule has 0 spiro atoms. The number of anilines is 2. The van der Waals surface area contributed by atoms with Crippen molar-refractivity contribution in [3.05, 3.63) is 72.3 Å². The predicted molar refractivity (Wildman–Crippen MR) is 135 cm³/mol. The molecular formula is C25H26N6O3S. The monoisotopic (exact) mass is 490 g/mol. The molecule has 0 saturated carbocycles. The molecular weight excluding hydrogens is 464 g/mol. The molecule has 1 saturated heterocycles. The number of carbonyl (C=O) groups is 1. The van der Waals surface area contributed by atoms with Gasteiger partial charge in [-0.05, 0) is 74.5 Å². The second kappa shape index (κ2) is 9.47. The summed E-state index contributed by atoms with van der Waals surface area (Å²) in [4.78, 5) is 17.3. The van der Waals surface area contributed by atoms with Gasteiger partial charge in [-0.25, -0.2) is 12.9 Å². The molecule has 0 aliphatic carbocycles. The Kier molecular flexibility index (Phi) is 6.23. The summed E-state index contributed by atoms with van der Waals surface area (Å²) in [6.45, 7) is 1.84. The van der Waals surface area contributed by atoms with E-state index in [4.69, 9.17) is 0 Å². The van der Waals surface area contributed by atoms with Crippen molar-refractivity contribution in [3.63, 3.8) is 0 Å². The molecule has 0 atom stereocenters. The standard InChI is InChI=1S/C25H26N6O3S/c1-35(33,34)21-5-2-4-18(16-21)22-6-3-7-23-29-25(30-31(22)23)28-19-10-8-17(9-11-19)24(32)27-20-12-14-26-15-13-20/h2-11,16,20,26H,12-15H2,1H3,(H,27,32)(H,28,30). The van der Waals surface area contributed by atoms with Crippen molar-refractivity contribution in [2.24, 2.45) is 0 Å². The number of benzene rings is 2. The molecule has 1 aliphatic rings. The highest BCUT2D eigenvalue weighted by atomic mass is 32.2. The second-order valence-corrected chi connectivity index (χ2v) is 10.6. The summed E-state index contributed by atoms with van der Waals surface area (Å²) in [5, 5.41) is 14.1. The van der Waals surface area contributed by atoms with E-state index in [0.717, 1.165) is 42.9 Å². The average molecular weight is 491 g/mol. The quantitative estimate of drug-likeness (QED) is 0.380. The Bertz CT molecular complexity index is 1470. The Morgan fingerprint density at radius 1 is 1.03 bits per heavy atom. The molecule has 0 unspecified atom stereocenters. The van der Waals surface area contributed by atoms with Crippen molar-refractivity contribution in [1.82, 2.24) is 25.2 Å². The van der Waals surface area contributed by atoms with E-state index in [-0.39, 0.29) is 16.8 Å². The van der Waals surface area contributed by atoms with Crippen LogP contribution in [0.2, 0.25) is 0 Å². The molecule has 2 aromatic heterocycles. The minimum absolute atomic E-state index is 0.0738. The molecule has 180 valence electrons. The number of sulfone groups is 1. The fraction of sp³-hybridized carbons (Fsp3) is 0.240. The van der Waals surface area contributed by atoms with Crippen LogP contribution in [0.25, 0.3) is 16.9 Å². The average Bonchev–Trinajstić information content (AvgIpc) is 3.27. The lowest BCUT2D eigenvalue weighted by Gasteiger charge is -2.23. The van der Waals surface area contributed by atoms with E-state index in [1.54, 1.807) is 34.8 Å². The molecule has 4 aromatic rings. The number of rotatable bonds is 6. The third kappa shape index (κ3) is 5.18. The minimum Gasteiger partial charge on any atom is -0.349 e. The zero-order valence-corrected chi connectivity index (χ0v) is 20.0. The summed E-state index contributed by atoms with van der Waals surface area (Å²) in [5.41, 5.74) is 3.41. The van der Waals surface area contributed by atoms with Crippen LogP contribution in [0.15, 0.2) is 71.6 Å². The first-order valence-corrected chi connectivity index (χ1v) is 13.3. The van der Waals surface area contributed by atoms with Gasteiger partial charge in [0.25, 0.3) is 5.91 Å². The number of amides is 1. The number of nitrogens with zero attached hydrogens (tertiary/aromatic N) is 3. The normalized spacial score (nSPS) is 14.7. The fourth-order valence-corrected chi connectivity index (χ4v) is 4.80. The predicted octanol–water partition coefficient (Wildman–Crippen LogP) is 3.03. The van der Waals surface area contributed by atoms with Crippen LogP contribution in [0.5, 0.6) is 0 Å². The lowest BCUT2D eigenvalue weighted by Crippen LogP contribution is -2.42. The van der Waals surface area contributed by atoms with Crippen LogP contribution in [0, 0.1) is 0 Å². The molecule has 3 heterocycles. The summed E-state index contributed by atoms with van der Waals surface area (Å²) in [7, 11) is -3.33. The van der Waals surface area contributed by atoms with Gasteiger partial charge in [-0.2, -0.15) is 4.98 Å². The van der Waals surface area contributed by atoms with E-state index in [0.29, 0.717) is 17.2 Å². The van der Waals surface area contributed by atoms with Gasteiger partial charge in [-0.3, -0.25) is 4.79 Å². The number of nitrogens with one attached hydrogen (secondary N) is 3. The van der Waals surface area contributed by atoms with E-state index < -0.39 is 9.84 Å². The summed E-state index contributed by atoms with van der Waals surface area (Å²) in [6.07, 6.45) is 3.06. The lowest BCUT2D eigenvalue weighted by atomic mass is 10.1. The topological polar surface area (TPSA) is 117 Å². The molecule has 1 amide bonds. The van der Waals surface area contributed by atoms with Gasteiger partial charge in [-0.15, -0.1) is 5.10 Å². The van der Waals surface area contributed by atoms with Gasteiger partial charge in [0.15, 0.2) is 15.5 Å². The smallest absolute Gasteiger partial charge is 0.251 e. The Morgan fingerprint density at radius 2 is 1.77 bits per heavy atom. The van der Waals surface area contributed by atoms with E-state index in [1.807, 2.05) is 36.4 Å². The van der Waals surface area contributed by atoms with Gasteiger partial charge in [-0.1, -0.05) is 18.2 Å². The van der Waals surface area contributed by atoms with Gasteiger partial charge >= 0.3 is 0 Å². The van der Waals surface area contributed by atoms with Gasteiger partial charge in [0.2, 0.25) is 5.95 Å². The zero-order valence-electron chi connectivity index (χ0n) is 19.2. The lowest BCUT2D eigenvalue weighted by molar-refractivity contribution is 0.0929. The van der Waals surface area contributed by atoms with Crippen molar-refractivity contribution < 1.29 is 13.2 Å². The maximum Gasteiger partial charge on any atom is 0.251 e. The molecule has 35 heavy (non-hydrogen) atoms. The Balaban J connectivity index is 1.35. The van der Waals surface area contributed by atoms with Gasteiger partial charge in [0.1, 0.15) is 0 Å². The fourth-order valence-electron chi connectivity index (χ4n) is 4.13. The molecule has 1 aliphatic heterocycles. The summed E-state index contributed by atoms with van der Waals surface area (Å²) in [6, 6.07) is 19.7. The Morgan fingerprint density at radius 3 is 2.51 bits per heavy atom. The van der Waals surface area contributed by atoms with Crippen molar-refractivity contribution in [1.29, 1.82) is 0 Å². The highest BCUT2D eigenvalue weighted by molar-refractivity contribution is 7.90. The SMILES string of the molecule is CS(=O)(=O)c1cccc(-c2cccc3nc(Nc4ccc(C(=O)NC5CCNCC5)cc4)nn23)c1. The Labute approximate surface area is 203 Å². The van der Waals surface area contributed by atoms with Gasteiger partial charge in [0.05, 0.1) is 10.6 Å². The molecule has 0 bridgehead atoms. The van der Waals surface area contributed by atoms with Crippen molar-refractivity contribution >= 4 is 33.0 Å². The zero-order chi connectivity index (χ0) is 24.4. The van der Waals surface area contributed by atoms with Crippen LogP contribution in [-0.4, -0.2) is 54.3 Å². The van der Waals surface area contributed by atoms with Crippen LogP contribution in [0.1, 0.15) is 23.2 Å². The maximum atomic E-state index is 12.5. The first kappa shape index (κ1) is 23.0. The first-order chi connectivity index (χ1) is 16.9. The van der Waals surface area contributed by atoms with E-state index in [2.05, 4.69) is 26.0 Å². The number of piperidine rings is 1. The van der Waals surface area contributed by atoms with Crippen molar-refractivity contribution in [2.45, 2.75) is 23.8 Å². The molecule has 10 heteroatoms. The highest BCUT2D eigenvalue weighted by Crippen LogP contribution is 2.24. The minimum atomic E-state index is -3.33. The van der Waals surface area contributed by atoms with Crippen molar-refractivity contribution in [2.75, 3.05) is 24.7 Å². The Hall–Kier alpha value is -3.76. The van der Waals surface area contributed by atoms with Crippen LogP contribution in [0.3, 0.4) is 0 Å². The summed E-state index contributed by atoms with van der Waals surface area (Å²) in [5.74, 6) is 0.318. The van der Waals surface area contributed by atoms with E-state index in [1.165, 1.54) is 6.26 Å². The van der Waals surface area contributed by atoms with Crippen LogP contribution in [-0.2, 0) is 9.84 Å². The highest BCUT2D eigenvalue weighted by Gasteiger charge is 2.17. The van der Waals surface area contributed by atoms with Gasteiger partial charge in [0, 0.05) is 29.1 Å². The maximum absolute atomic E-state index is 12.5. The molecule has 2 aromatic carbocycles. The second-order valence-electron chi connectivity index (χ2n) is 8.62. The number of hydrogen-bond acceptors (Lipinski definition) is 7. The number of carbonyl (C=O) groups excluding carboxylic acids is 1. The summed E-state index contributed by atoms with van der Waals surface area (Å²) >= 11 is 0. The third-order valence-electron chi connectivity index (χ3n) is 6.00. The number of hydrogen-bond donors (Lipinski definition) is 3. The van der Waals surface area contributed by atoms with E-state index >= 15 is 0 Å². The van der Waals surface area contributed by atoms with Crippen molar-refractivity contribution in [3.8, 4) is 11.3 Å². The number of fused-ring (bicyclic) bond motifs is 1.